The van der Waals surface area contributed by atoms with Crippen molar-refractivity contribution in [3.05, 3.63) is 79.1 Å². The Balaban J connectivity index is 1.90. The van der Waals surface area contributed by atoms with Crippen molar-refractivity contribution in [3.8, 4) is 0 Å². The average Bonchev–Trinajstić information content (AvgIpc) is 2.94. The number of nitrogens with zero attached hydrogens (tertiary/aromatic N) is 4. The van der Waals surface area contributed by atoms with Gasteiger partial charge >= 0.3 is 0 Å². The van der Waals surface area contributed by atoms with Crippen molar-refractivity contribution < 1.29 is 0 Å². The minimum atomic E-state index is 0.0610. The smallest absolute Gasteiger partial charge is 0.178 e. The Morgan fingerprint density at radius 3 is 2.21 bits per heavy atom. The molecular weight excluding hydrogens is 296 g/mol. The molecule has 0 amide bonds. The fourth-order valence-corrected chi connectivity index (χ4v) is 3.25. The molecule has 24 heavy (non-hydrogen) atoms. The first kappa shape index (κ1) is 14.5. The van der Waals surface area contributed by atoms with Crippen LogP contribution in [0.25, 0.3) is 6.08 Å². The molecule has 2 heterocycles. The van der Waals surface area contributed by atoms with Gasteiger partial charge in [-0.05, 0) is 30.7 Å². The summed E-state index contributed by atoms with van der Waals surface area (Å²) in [5.74, 6) is 1.73. The first-order valence-electron chi connectivity index (χ1n) is 7.97. The van der Waals surface area contributed by atoms with Crippen molar-refractivity contribution in [2.24, 2.45) is 0 Å². The van der Waals surface area contributed by atoms with E-state index in [-0.39, 0.29) is 6.17 Å². The van der Waals surface area contributed by atoms with Crippen molar-refractivity contribution in [2.45, 2.75) is 13.1 Å². The van der Waals surface area contributed by atoms with E-state index in [0.717, 1.165) is 28.6 Å². The van der Waals surface area contributed by atoms with E-state index in [2.05, 4.69) is 57.5 Å². The second-order valence-electron chi connectivity index (χ2n) is 5.67. The first-order chi connectivity index (χ1) is 11.8. The van der Waals surface area contributed by atoms with Gasteiger partial charge in [0.25, 0.3) is 0 Å². The molecule has 2 aromatic carbocycles. The number of hydrogen-bond donors (Lipinski definition) is 0. The van der Waals surface area contributed by atoms with Crippen LogP contribution in [-0.4, -0.2) is 16.1 Å². The van der Waals surface area contributed by atoms with Gasteiger partial charge in [-0.25, -0.2) is 9.97 Å². The summed E-state index contributed by atoms with van der Waals surface area (Å²) >= 11 is 0. The van der Waals surface area contributed by atoms with Crippen LogP contribution in [0.5, 0.6) is 0 Å². The van der Waals surface area contributed by atoms with Gasteiger partial charge in [-0.1, -0.05) is 49.1 Å². The molecule has 0 aliphatic carbocycles. The molecule has 1 aliphatic heterocycles. The number of para-hydroxylation sites is 2. The summed E-state index contributed by atoms with van der Waals surface area (Å²) in [5, 5.41) is 0. The number of rotatable bonds is 3. The summed E-state index contributed by atoms with van der Waals surface area (Å²) in [5.41, 5.74) is 3.27. The Labute approximate surface area is 141 Å². The average molecular weight is 314 g/mol. The maximum atomic E-state index is 4.61. The molecule has 118 valence electrons. The quantitative estimate of drug-likeness (QED) is 0.698. The van der Waals surface area contributed by atoms with E-state index >= 15 is 0 Å². The number of hydrogen-bond acceptors (Lipinski definition) is 4. The number of anilines is 4. The summed E-state index contributed by atoms with van der Waals surface area (Å²) in [7, 11) is 0. The van der Waals surface area contributed by atoms with Gasteiger partial charge in [0.05, 0.1) is 5.69 Å². The van der Waals surface area contributed by atoms with Gasteiger partial charge in [-0.3, -0.25) is 0 Å². The molecule has 1 aromatic heterocycles. The molecule has 0 N–H and O–H groups in total. The van der Waals surface area contributed by atoms with E-state index in [1.165, 1.54) is 0 Å². The molecule has 1 unspecified atom stereocenters. The molecule has 0 fully saturated rings. The van der Waals surface area contributed by atoms with Gasteiger partial charge in [-0.15, -0.1) is 0 Å². The lowest BCUT2D eigenvalue weighted by Crippen LogP contribution is -2.35. The summed E-state index contributed by atoms with van der Waals surface area (Å²) in [6.45, 7) is 6.11. The van der Waals surface area contributed by atoms with Gasteiger partial charge in [-0.2, -0.15) is 0 Å². The third kappa shape index (κ3) is 2.15. The number of fused-ring (bicyclic) bond motifs is 1. The molecule has 0 radical (unpaired) electrons. The largest absolute Gasteiger partial charge is 0.302 e. The molecule has 4 nitrogen and oxygen atoms in total. The highest BCUT2D eigenvalue weighted by Gasteiger charge is 2.37. The van der Waals surface area contributed by atoms with Crippen LogP contribution >= 0.6 is 0 Å². The van der Waals surface area contributed by atoms with Crippen LogP contribution in [-0.2, 0) is 0 Å². The Hall–Kier alpha value is -3.14. The highest BCUT2D eigenvalue weighted by Crippen LogP contribution is 2.45. The molecule has 0 bridgehead atoms. The monoisotopic (exact) mass is 314 g/mol. The van der Waals surface area contributed by atoms with Gasteiger partial charge < -0.3 is 9.80 Å². The second-order valence-corrected chi connectivity index (χ2v) is 5.67. The van der Waals surface area contributed by atoms with E-state index < -0.39 is 0 Å². The Bertz CT molecular complexity index is 876. The standard InChI is InChI=1S/C20H18N4/c1-3-16-9-7-8-12-18(16)24-15(2)23(17-10-5-4-6-11-17)19-20(24)22-14-13-21-19/h3-15H,1H2,2H3. The highest BCUT2D eigenvalue weighted by molar-refractivity contribution is 5.85. The van der Waals surface area contributed by atoms with Crippen molar-refractivity contribution in [1.82, 2.24) is 9.97 Å². The highest BCUT2D eigenvalue weighted by atomic mass is 15.5. The molecule has 0 saturated heterocycles. The zero-order valence-electron chi connectivity index (χ0n) is 13.5. The predicted molar refractivity (Wildman–Crippen MR) is 98.7 cm³/mol. The Kier molecular flexibility index (Phi) is 3.50. The van der Waals surface area contributed by atoms with Crippen molar-refractivity contribution in [2.75, 3.05) is 9.80 Å². The SMILES string of the molecule is C=Cc1ccccc1N1c2nccnc2N(c2ccccc2)C1C. The third-order valence-electron chi connectivity index (χ3n) is 4.31. The molecule has 1 atom stereocenters. The van der Waals surface area contributed by atoms with Crippen molar-refractivity contribution in [1.29, 1.82) is 0 Å². The summed E-state index contributed by atoms with van der Waals surface area (Å²) in [4.78, 5) is 13.6. The molecule has 1 aliphatic rings. The maximum absolute atomic E-state index is 4.61. The molecule has 0 spiro atoms. The minimum absolute atomic E-state index is 0.0610. The maximum Gasteiger partial charge on any atom is 0.178 e. The van der Waals surface area contributed by atoms with Crippen LogP contribution in [0.2, 0.25) is 0 Å². The fourth-order valence-electron chi connectivity index (χ4n) is 3.25. The topological polar surface area (TPSA) is 32.3 Å². The minimum Gasteiger partial charge on any atom is -0.302 e. The first-order valence-corrected chi connectivity index (χ1v) is 7.97. The van der Waals surface area contributed by atoms with Crippen LogP contribution in [0.3, 0.4) is 0 Å². The lowest BCUT2D eigenvalue weighted by Gasteiger charge is -2.30. The summed E-state index contributed by atoms with van der Waals surface area (Å²) in [6, 6.07) is 18.5. The van der Waals surface area contributed by atoms with E-state index in [1.807, 2.05) is 36.4 Å². The zero-order chi connectivity index (χ0) is 16.5. The van der Waals surface area contributed by atoms with Gasteiger partial charge in [0.2, 0.25) is 0 Å². The fraction of sp³-hybridized carbons (Fsp3) is 0.100. The van der Waals surface area contributed by atoms with Gasteiger partial charge in [0.1, 0.15) is 6.17 Å². The molecule has 4 rings (SSSR count). The van der Waals surface area contributed by atoms with Crippen molar-refractivity contribution in [3.63, 3.8) is 0 Å². The van der Waals surface area contributed by atoms with Crippen LogP contribution in [0.1, 0.15) is 12.5 Å². The number of aromatic nitrogens is 2. The molecule has 3 aromatic rings. The second kappa shape index (κ2) is 5.81. The van der Waals surface area contributed by atoms with E-state index in [0.29, 0.717) is 0 Å². The molecular formula is C20H18N4. The molecule has 4 heteroatoms. The molecule has 0 saturated carbocycles. The predicted octanol–water partition coefficient (Wildman–Crippen LogP) is 4.76. The van der Waals surface area contributed by atoms with Crippen LogP contribution in [0.4, 0.5) is 23.0 Å². The van der Waals surface area contributed by atoms with E-state index in [1.54, 1.807) is 12.4 Å². The Morgan fingerprint density at radius 1 is 0.875 bits per heavy atom. The Morgan fingerprint density at radius 2 is 1.50 bits per heavy atom. The number of benzene rings is 2. The summed E-state index contributed by atoms with van der Waals surface area (Å²) < 4.78 is 0. The lowest BCUT2D eigenvalue weighted by atomic mass is 10.1. The van der Waals surface area contributed by atoms with Crippen molar-refractivity contribution >= 4 is 29.1 Å². The van der Waals surface area contributed by atoms with Gasteiger partial charge in [0.15, 0.2) is 11.6 Å². The van der Waals surface area contributed by atoms with Crippen LogP contribution in [0, 0.1) is 0 Å². The summed E-state index contributed by atoms with van der Waals surface area (Å²) in [6.07, 6.45) is 5.42. The lowest BCUT2D eigenvalue weighted by molar-refractivity contribution is 0.754. The van der Waals surface area contributed by atoms with E-state index in [4.69, 9.17) is 0 Å². The third-order valence-corrected chi connectivity index (χ3v) is 4.31. The zero-order valence-corrected chi connectivity index (χ0v) is 13.5. The van der Waals surface area contributed by atoms with Crippen LogP contribution < -0.4 is 9.80 Å². The van der Waals surface area contributed by atoms with Crippen LogP contribution in [0.15, 0.2) is 73.6 Å². The van der Waals surface area contributed by atoms with E-state index in [9.17, 15) is 0 Å². The van der Waals surface area contributed by atoms with Gasteiger partial charge in [0, 0.05) is 18.1 Å². The normalized spacial score (nSPS) is 16.1.